The van der Waals surface area contributed by atoms with E-state index in [-0.39, 0.29) is 0 Å². The zero-order chi connectivity index (χ0) is 13.7. The van der Waals surface area contributed by atoms with Crippen molar-refractivity contribution in [2.24, 2.45) is 0 Å². The van der Waals surface area contributed by atoms with Gasteiger partial charge in [-0.3, -0.25) is 10.8 Å². The Morgan fingerprint density at radius 3 is 1.95 bits per heavy atom. The van der Waals surface area contributed by atoms with Crippen LogP contribution < -0.4 is 0 Å². The molecule has 0 atom stereocenters. The van der Waals surface area contributed by atoms with Gasteiger partial charge in [0.05, 0.1) is 11.4 Å². The lowest BCUT2D eigenvalue weighted by Crippen LogP contribution is -2.06. The van der Waals surface area contributed by atoms with Gasteiger partial charge in [0.15, 0.2) is 0 Å². The molecule has 0 bridgehead atoms. The van der Waals surface area contributed by atoms with Crippen molar-refractivity contribution in [3.05, 3.63) is 71.8 Å². The van der Waals surface area contributed by atoms with E-state index in [0.717, 1.165) is 27.5 Å². The first-order valence-electron chi connectivity index (χ1n) is 6.57. The van der Waals surface area contributed by atoms with E-state index in [0.29, 0.717) is 11.4 Å². The van der Waals surface area contributed by atoms with Crippen LogP contribution >= 0.6 is 0 Å². The standard InChI is InChI=1S/C18H12N2/c19-17-14-8-4-7-13-12(11-5-2-1-3-6-11)9-10-15(16(13)14)18(17)20/h1-10,19-20H. The van der Waals surface area contributed by atoms with Gasteiger partial charge < -0.3 is 0 Å². The number of rotatable bonds is 1. The highest BCUT2D eigenvalue weighted by Gasteiger charge is 2.25. The summed E-state index contributed by atoms with van der Waals surface area (Å²) >= 11 is 0. The molecule has 0 fully saturated rings. The molecule has 0 radical (unpaired) electrons. The van der Waals surface area contributed by atoms with E-state index < -0.39 is 0 Å². The molecule has 0 aromatic heterocycles. The molecule has 20 heavy (non-hydrogen) atoms. The van der Waals surface area contributed by atoms with E-state index in [1.54, 1.807) is 0 Å². The zero-order valence-corrected chi connectivity index (χ0v) is 10.8. The summed E-state index contributed by atoms with van der Waals surface area (Å²) in [5.74, 6) is 0. The van der Waals surface area contributed by atoms with Crippen molar-refractivity contribution in [1.82, 2.24) is 0 Å². The Bertz CT molecular complexity index is 856. The monoisotopic (exact) mass is 256 g/mol. The zero-order valence-electron chi connectivity index (χ0n) is 10.8. The van der Waals surface area contributed by atoms with E-state index >= 15 is 0 Å². The summed E-state index contributed by atoms with van der Waals surface area (Å²) in [7, 11) is 0. The fourth-order valence-corrected chi connectivity index (χ4v) is 2.96. The number of nitrogens with one attached hydrogen (secondary N) is 2. The van der Waals surface area contributed by atoms with Crippen molar-refractivity contribution in [1.29, 1.82) is 10.8 Å². The molecule has 2 heteroatoms. The molecule has 1 aliphatic carbocycles. The first kappa shape index (κ1) is 11.1. The Morgan fingerprint density at radius 1 is 0.550 bits per heavy atom. The fourth-order valence-electron chi connectivity index (χ4n) is 2.96. The van der Waals surface area contributed by atoms with Gasteiger partial charge in [-0.1, -0.05) is 60.7 Å². The van der Waals surface area contributed by atoms with Gasteiger partial charge in [0.25, 0.3) is 0 Å². The van der Waals surface area contributed by atoms with Crippen LogP contribution in [0.2, 0.25) is 0 Å². The highest BCUT2D eigenvalue weighted by Crippen LogP contribution is 2.36. The van der Waals surface area contributed by atoms with Crippen LogP contribution in [0.25, 0.3) is 21.9 Å². The lowest BCUT2D eigenvalue weighted by Gasteiger charge is -2.08. The van der Waals surface area contributed by atoms with Crippen LogP contribution in [0.15, 0.2) is 60.7 Å². The van der Waals surface area contributed by atoms with Crippen molar-refractivity contribution in [2.45, 2.75) is 0 Å². The number of hydrogen-bond donors (Lipinski definition) is 2. The number of benzene rings is 3. The maximum absolute atomic E-state index is 8.08. The Hall–Kier alpha value is -2.74. The van der Waals surface area contributed by atoms with E-state index in [1.165, 1.54) is 5.56 Å². The summed E-state index contributed by atoms with van der Waals surface area (Å²) in [6, 6.07) is 20.3. The molecule has 4 rings (SSSR count). The van der Waals surface area contributed by atoms with E-state index in [1.807, 2.05) is 36.4 Å². The number of hydrogen-bond acceptors (Lipinski definition) is 2. The molecule has 0 amide bonds. The summed E-state index contributed by atoms with van der Waals surface area (Å²) in [4.78, 5) is 0. The molecule has 94 valence electrons. The van der Waals surface area contributed by atoms with Gasteiger partial charge >= 0.3 is 0 Å². The minimum Gasteiger partial charge on any atom is -0.298 e. The highest BCUT2D eigenvalue weighted by molar-refractivity contribution is 6.59. The second-order valence-corrected chi connectivity index (χ2v) is 5.00. The van der Waals surface area contributed by atoms with E-state index in [2.05, 4.69) is 24.3 Å². The maximum atomic E-state index is 8.08. The van der Waals surface area contributed by atoms with Gasteiger partial charge in [0.1, 0.15) is 0 Å². The summed E-state index contributed by atoms with van der Waals surface area (Å²) < 4.78 is 0. The van der Waals surface area contributed by atoms with Gasteiger partial charge in [-0.25, -0.2) is 0 Å². The predicted molar refractivity (Wildman–Crippen MR) is 83.0 cm³/mol. The predicted octanol–water partition coefficient (Wildman–Crippen LogP) is 4.26. The van der Waals surface area contributed by atoms with Gasteiger partial charge in [-0.15, -0.1) is 0 Å². The first-order chi connectivity index (χ1) is 9.77. The van der Waals surface area contributed by atoms with Gasteiger partial charge in [0, 0.05) is 16.5 Å². The minimum absolute atomic E-state index is 0.329. The second-order valence-electron chi connectivity index (χ2n) is 5.00. The molecule has 0 saturated heterocycles. The summed E-state index contributed by atoms with van der Waals surface area (Å²) in [6.07, 6.45) is 0. The second kappa shape index (κ2) is 3.87. The molecule has 2 N–H and O–H groups in total. The smallest absolute Gasteiger partial charge is 0.0874 e. The maximum Gasteiger partial charge on any atom is 0.0874 e. The summed E-state index contributed by atoms with van der Waals surface area (Å²) in [5, 5.41) is 18.3. The third-order valence-corrected chi connectivity index (χ3v) is 3.91. The van der Waals surface area contributed by atoms with Gasteiger partial charge in [0.2, 0.25) is 0 Å². The third kappa shape index (κ3) is 1.33. The Labute approximate surface area is 116 Å². The van der Waals surface area contributed by atoms with Crippen LogP contribution in [0.3, 0.4) is 0 Å². The Kier molecular flexibility index (Phi) is 2.15. The fraction of sp³-hybridized carbons (Fsp3) is 0. The topological polar surface area (TPSA) is 47.7 Å². The van der Waals surface area contributed by atoms with Crippen molar-refractivity contribution in [3.63, 3.8) is 0 Å². The van der Waals surface area contributed by atoms with Crippen LogP contribution in [0.5, 0.6) is 0 Å². The average molecular weight is 256 g/mol. The normalized spacial score (nSPS) is 13.2. The van der Waals surface area contributed by atoms with E-state index in [9.17, 15) is 0 Å². The Morgan fingerprint density at radius 2 is 1.20 bits per heavy atom. The molecular formula is C18H12N2. The molecule has 0 unspecified atom stereocenters. The molecular weight excluding hydrogens is 244 g/mol. The molecule has 1 aliphatic rings. The third-order valence-electron chi connectivity index (χ3n) is 3.91. The van der Waals surface area contributed by atoms with Crippen molar-refractivity contribution < 1.29 is 0 Å². The van der Waals surface area contributed by atoms with Crippen LogP contribution in [0.1, 0.15) is 11.1 Å². The summed E-state index contributed by atoms with van der Waals surface area (Å²) in [6.45, 7) is 0. The van der Waals surface area contributed by atoms with Crippen LogP contribution in [-0.2, 0) is 0 Å². The summed E-state index contributed by atoms with van der Waals surface area (Å²) in [5.41, 5.74) is 4.74. The van der Waals surface area contributed by atoms with Gasteiger partial charge in [-0.2, -0.15) is 0 Å². The van der Waals surface area contributed by atoms with Crippen molar-refractivity contribution >= 4 is 22.2 Å². The van der Waals surface area contributed by atoms with Gasteiger partial charge in [-0.05, 0) is 16.5 Å². The van der Waals surface area contributed by atoms with Crippen LogP contribution in [0.4, 0.5) is 0 Å². The Balaban J connectivity index is 2.14. The highest BCUT2D eigenvalue weighted by atomic mass is 14.6. The van der Waals surface area contributed by atoms with Crippen LogP contribution in [0, 0.1) is 10.8 Å². The quantitative estimate of drug-likeness (QED) is 0.653. The largest absolute Gasteiger partial charge is 0.298 e. The molecule has 0 heterocycles. The minimum atomic E-state index is 0.329. The van der Waals surface area contributed by atoms with Crippen LogP contribution in [-0.4, -0.2) is 11.4 Å². The molecule has 0 saturated carbocycles. The van der Waals surface area contributed by atoms with Crippen molar-refractivity contribution in [3.8, 4) is 11.1 Å². The molecule has 0 aliphatic heterocycles. The molecule has 3 aromatic carbocycles. The molecule has 3 aromatic rings. The molecule has 2 nitrogen and oxygen atoms in total. The lowest BCUT2D eigenvalue weighted by atomic mass is 9.95. The first-order valence-corrected chi connectivity index (χ1v) is 6.57. The van der Waals surface area contributed by atoms with Crippen molar-refractivity contribution in [2.75, 3.05) is 0 Å². The lowest BCUT2D eigenvalue weighted by molar-refractivity contribution is 1.49. The van der Waals surface area contributed by atoms with E-state index in [4.69, 9.17) is 10.8 Å². The molecule has 0 spiro atoms. The SMILES string of the molecule is N=C1C(=N)c2ccc(-c3ccccc3)c3cccc1c23. The average Bonchev–Trinajstić information content (AvgIpc) is 2.76.